The van der Waals surface area contributed by atoms with Crippen LogP contribution in [-0.4, -0.2) is 21.7 Å². The Morgan fingerprint density at radius 2 is 1.90 bits per heavy atom. The fraction of sp³-hybridized carbons (Fsp3) is 0.500. The number of rotatable bonds is 0. The van der Waals surface area contributed by atoms with Crippen molar-refractivity contribution in [1.29, 1.82) is 0 Å². The van der Waals surface area contributed by atoms with Crippen molar-refractivity contribution in [2.45, 2.75) is 6.68 Å². The molecule has 1 rings (SSSR count). The smallest absolute Gasteiger partial charge is 0.256 e. The molecule has 1 heterocycles. The Hall–Kier alpha value is -1.07. The number of hydrogen-bond acceptors (Lipinski definition) is 2. The first kappa shape index (κ1) is 8.93. The summed E-state index contributed by atoms with van der Waals surface area (Å²) in [6, 6.07) is 0. The van der Waals surface area contributed by atoms with Crippen LogP contribution in [0.5, 0.6) is 0 Å². The van der Waals surface area contributed by atoms with Crippen molar-refractivity contribution in [3.8, 4) is 0 Å². The number of aryl methyl sites for hydroxylation is 1. The fourth-order valence-corrected chi connectivity index (χ4v) is 0.267. The summed E-state index contributed by atoms with van der Waals surface area (Å²) in [7, 11) is 1.83. The number of nitrogens with zero attached hydrogens (tertiary/aromatic N) is 3. The molecule has 0 saturated heterocycles. The second kappa shape index (κ2) is 4.78. The van der Waals surface area contributed by atoms with E-state index >= 15 is 0 Å². The standard InChI is InChI=1S/C3H5N3.CHF3/c1-6-3-2-4-5-6;2-1(3)4/h2-3H,1H3;1H. The normalized spacial score (nSPS) is 8.90. The summed E-state index contributed by atoms with van der Waals surface area (Å²) in [6.07, 6.45) is 3.42. The number of aromatic nitrogens is 3. The van der Waals surface area contributed by atoms with Gasteiger partial charge in [0.05, 0.1) is 6.20 Å². The van der Waals surface area contributed by atoms with Gasteiger partial charge in [-0.2, -0.15) is 13.2 Å². The minimum Gasteiger partial charge on any atom is -0.256 e. The Morgan fingerprint density at radius 3 is 2.00 bits per heavy atom. The van der Waals surface area contributed by atoms with Crippen molar-refractivity contribution >= 4 is 0 Å². The van der Waals surface area contributed by atoms with Crippen molar-refractivity contribution < 1.29 is 13.2 Å². The number of halogens is 3. The van der Waals surface area contributed by atoms with Gasteiger partial charge < -0.3 is 0 Å². The third-order valence-corrected chi connectivity index (χ3v) is 0.542. The molecule has 0 aromatic carbocycles. The topological polar surface area (TPSA) is 30.7 Å². The largest absolute Gasteiger partial charge is 0.379 e. The maximum absolute atomic E-state index is 9.67. The molecule has 0 N–H and O–H groups in total. The fourth-order valence-electron chi connectivity index (χ4n) is 0.267. The highest BCUT2D eigenvalue weighted by Crippen LogP contribution is 1.87. The predicted molar refractivity (Wildman–Crippen MR) is 28.1 cm³/mol. The lowest BCUT2D eigenvalue weighted by Crippen LogP contribution is -1.85. The van der Waals surface area contributed by atoms with Crippen molar-refractivity contribution in [2.24, 2.45) is 7.05 Å². The quantitative estimate of drug-likeness (QED) is 0.556. The van der Waals surface area contributed by atoms with Crippen molar-refractivity contribution in [1.82, 2.24) is 15.0 Å². The van der Waals surface area contributed by atoms with Crippen LogP contribution in [0.1, 0.15) is 0 Å². The molecule has 0 bridgehead atoms. The lowest BCUT2D eigenvalue weighted by atomic mass is 10.9. The van der Waals surface area contributed by atoms with E-state index in [9.17, 15) is 13.2 Å². The van der Waals surface area contributed by atoms with Gasteiger partial charge in [-0.3, -0.25) is 4.68 Å². The lowest BCUT2D eigenvalue weighted by Gasteiger charge is -1.74. The summed E-state index contributed by atoms with van der Waals surface area (Å²) in [4.78, 5) is 0. The van der Waals surface area contributed by atoms with E-state index in [4.69, 9.17) is 0 Å². The third-order valence-electron chi connectivity index (χ3n) is 0.542. The summed E-state index contributed by atoms with van der Waals surface area (Å²) in [5.74, 6) is 0. The molecule has 1 aromatic heterocycles. The minimum absolute atomic E-state index is 1.64. The molecule has 0 aliphatic carbocycles. The zero-order chi connectivity index (χ0) is 7.98. The minimum atomic E-state index is -3.67. The second-order valence-electron chi connectivity index (χ2n) is 1.32. The zero-order valence-electron chi connectivity index (χ0n) is 5.21. The molecular weight excluding hydrogens is 147 g/mol. The Kier molecular flexibility index (Phi) is 4.26. The van der Waals surface area contributed by atoms with Crippen LogP contribution < -0.4 is 0 Å². The molecule has 0 amide bonds. The Bertz CT molecular complexity index is 148. The lowest BCUT2D eigenvalue weighted by molar-refractivity contribution is 0.00819. The highest BCUT2D eigenvalue weighted by molar-refractivity contribution is 4.59. The molecule has 1 aromatic rings. The molecule has 3 nitrogen and oxygen atoms in total. The molecule has 0 aliphatic heterocycles. The Balaban J connectivity index is 0.000000180. The molecule has 10 heavy (non-hydrogen) atoms. The van der Waals surface area contributed by atoms with Crippen LogP contribution in [0.3, 0.4) is 0 Å². The van der Waals surface area contributed by atoms with Gasteiger partial charge >= 0.3 is 6.68 Å². The first-order valence-electron chi connectivity index (χ1n) is 2.35. The molecule has 0 saturated carbocycles. The predicted octanol–water partition coefficient (Wildman–Crippen LogP) is 0.994. The maximum Gasteiger partial charge on any atom is 0.379 e. The van der Waals surface area contributed by atoms with Gasteiger partial charge in [0, 0.05) is 13.2 Å². The molecule has 0 unspecified atom stereocenters. The van der Waals surface area contributed by atoms with Gasteiger partial charge in [-0.15, -0.1) is 5.10 Å². The van der Waals surface area contributed by atoms with Crippen molar-refractivity contribution in [3.63, 3.8) is 0 Å². The molecular formula is C4H6F3N3. The van der Waals surface area contributed by atoms with Crippen molar-refractivity contribution in [2.75, 3.05) is 0 Å². The average Bonchev–Trinajstić information content (AvgIpc) is 2.15. The van der Waals surface area contributed by atoms with E-state index in [1.165, 1.54) is 0 Å². The Morgan fingerprint density at radius 1 is 1.40 bits per heavy atom. The molecule has 0 aliphatic rings. The van der Waals surface area contributed by atoms with E-state index in [0.717, 1.165) is 0 Å². The number of alkyl halides is 3. The SMILES string of the molecule is Cn1ccnn1.FC(F)F. The molecule has 6 heteroatoms. The second-order valence-corrected chi connectivity index (χ2v) is 1.32. The third kappa shape index (κ3) is 6.93. The summed E-state index contributed by atoms with van der Waals surface area (Å²) in [5, 5.41) is 7.12. The van der Waals surface area contributed by atoms with Crippen LogP contribution in [0.25, 0.3) is 0 Å². The molecule has 0 radical (unpaired) electrons. The van der Waals surface area contributed by atoms with Crippen LogP contribution in [0.15, 0.2) is 12.4 Å². The van der Waals surface area contributed by atoms with Gasteiger partial charge in [-0.25, -0.2) is 0 Å². The van der Waals surface area contributed by atoms with Crippen LogP contribution in [0, 0.1) is 0 Å². The molecule has 0 atom stereocenters. The van der Waals surface area contributed by atoms with Crippen LogP contribution >= 0.6 is 0 Å². The summed E-state index contributed by atoms with van der Waals surface area (Å²) >= 11 is 0. The van der Waals surface area contributed by atoms with Gasteiger partial charge in [-0.05, 0) is 0 Å². The van der Waals surface area contributed by atoms with Gasteiger partial charge in [0.2, 0.25) is 0 Å². The van der Waals surface area contributed by atoms with E-state index in [2.05, 4.69) is 10.3 Å². The monoisotopic (exact) mass is 153 g/mol. The molecule has 0 fully saturated rings. The summed E-state index contributed by atoms with van der Waals surface area (Å²) in [6.45, 7) is -3.67. The van der Waals surface area contributed by atoms with Gasteiger partial charge in [-0.1, -0.05) is 5.21 Å². The van der Waals surface area contributed by atoms with Crippen molar-refractivity contribution in [3.05, 3.63) is 12.4 Å². The van der Waals surface area contributed by atoms with Crippen LogP contribution in [0.4, 0.5) is 13.2 Å². The highest BCUT2D eigenvalue weighted by atomic mass is 19.4. The maximum atomic E-state index is 9.67. The molecule has 0 spiro atoms. The van der Waals surface area contributed by atoms with E-state index in [-0.39, 0.29) is 0 Å². The van der Waals surface area contributed by atoms with E-state index < -0.39 is 6.68 Å². The van der Waals surface area contributed by atoms with Crippen LogP contribution in [0.2, 0.25) is 0 Å². The summed E-state index contributed by atoms with van der Waals surface area (Å²) < 4.78 is 30.6. The van der Waals surface area contributed by atoms with Gasteiger partial charge in [0.1, 0.15) is 0 Å². The average molecular weight is 153 g/mol. The zero-order valence-corrected chi connectivity index (χ0v) is 5.21. The van der Waals surface area contributed by atoms with E-state index in [0.29, 0.717) is 0 Å². The Labute approximate surface area is 55.5 Å². The first-order valence-corrected chi connectivity index (χ1v) is 2.35. The van der Waals surface area contributed by atoms with E-state index in [1.807, 2.05) is 7.05 Å². The highest BCUT2D eigenvalue weighted by Gasteiger charge is 1.86. The van der Waals surface area contributed by atoms with Crippen LogP contribution in [-0.2, 0) is 7.05 Å². The van der Waals surface area contributed by atoms with E-state index in [1.54, 1.807) is 17.1 Å². The summed E-state index contributed by atoms with van der Waals surface area (Å²) in [5.41, 5.74) is 0. The first-order chi connectivity index (χ1) is 4.63. The van der Waals surface area contributed by atoms with Gasteiger partial charge in [0.15, 0.2) is 0 Å². The number of hydrogen-bond donors (Lipinski definition) is 0. The molecule has 58 valence electrons. The van der Waals surface area contributed by atoms with Gasteiger partial charge in [0.25, 0.3) is 0 Å².